The van der Waals surface area contributed by atoms with Crippen LogP contribution in [0.15, 0.2) is 64.9 Å². The molecule has 0 radical (unpaired) electrons. The first-order valence-corrected chi connectivity index (χ1v) is 10.0. The molecule has 1 heterocycles. The van der Waals surface area contributed by atoms with Crippen molar-refractivity contribution in [3.8, 4) is 11.3 Å². The van der Waals surface area contributed by atoms with Crippen molar-refractivity contribution in [1.82, 2.24) is 10.3 Å². The summed E-state index contributed by atoms with van der Waals surface area (Å²) in [4.78, 5) is 17.5. The third-order valence-electron chi connectivity index (χ3n) is 3.72. The molecule has 3 rings (SSSR count). The van der Waals surface area contributed by atoms with Gasteiger partial charge in [0.2, 0.25) is 5.91 Å². The summed E-state index contributed by atoms with van der Waals surface area (Å²) in [6.07, 6.45) is 0.831. The highest BCUT2D eigenvalue weighted by atomic mass is 32.2. The molecule has 0 atom stereocenters. The highest BCUT2D eigenvalue weighted by molar-refractivity contribution is 8.00. The summed E-state index contributed by atoms with van der Waals surface area (Å²) in [5.41, 5.74) is 3.38. The molecule has 0 spiro atoms. The Morgan fingerprint density at radius 1 is 1.12 bits per heavy atom. The first-order valence-electron chi connectivity index (χ1n) is 8.17. The van der Waals surface area contributed by atoms with E-state index in [0.717, 1.165) is 27.6 Å². The summed E-state index contributed by atoms with van der Waals surface area (Å²) in [6, 6.07) is 18.4. The van der Waals surface area contributed by atoms with E-state index in [2.05, 4.69) is 39.9 Å². The molecule has 1 aromatic heterocycles. The van der Waals surface area contributed by atoms with Crippen LogP contribution in [0, 0.1) is 6.92 Å². The van der Waals surface area contributed by atoms with Crippen LogP contribution in [0.5, 0.6) is 0 Å². The minimum Gasteiger partial charge on any atom is -0.355 e. The van der Waals surface area contributed by atoms with E-state index >= 15 is 0 Å². The molecule has 0 saturated carbocycles. The molecule has 0 aliphatic heterocycles. The Hall–Kier alpha value is -2.11. The van der Waals surface area contributed by atoms with Crippen LogP contribution in [0.1, 0.15) is 10.6 Å². The molecule has 0 fully saturated rings. The fraction of sp³-hybridized carbons (Fsp3) is 0.200. The zero-order chi connectivity index (χ0) is 17.5. The number of aromatic nitrogens is 1. The van der Waals surface area contributed by atoms with Crippen molar-refractivity contribution in [2.45, 2.75) is 18.2 Å². The average molecular weight is 369 g/mol. The predicted molar refractivity (Wildman–Crippen MR) is 106 cm³/mol. The number of hydrogen-bond acceptors (Lipinski definition) is 4. The van der Waals surface area contributed by atoms with Gasteiger partial charge in [0.15, 0.2) is 0 Å². The largest absolute Gasteiger partial charge is 0.355 e. The quantitative estimate of drug-likeness (QED) is 0.621. The number of carbonyl (C=O) groups excluding carboxylic acids is 1. The number of carbonyl (C=O) groups is 1. The van der Waals surface area contributed by atoms with Gasteiger partial charge in [-0.05, 0) is 31.0 Å². The smallest absolute Gasteiger partial charge is 0.230 e. The van der Waals surface area contributed by atoms with Crippen LogP contribution in [0.3, 0.4) is 0 Å². The maximum Gasteiger partial charge on any atom is 0.230 e. The lowest BCUT2D eigenvalue weighted by molar-refractivity contribution is -0.118. The number of rotatable bonds is 7. The molecule has 0 bridgehead atoms. The van der Waals surface area contributed by atoms with Crippen LogP contribution in [-0.4, -0.2) is 23.2 Å². The average Bonchev–Trinajstić information content (AvgIpc) is 3.08. The van der Waals surface area contributed by atoms with Crippen molar-refractivity contribution in [3.63, 3.8) is 0 Å². The fourth-order valence-corrected chi connectivity index (χ4v) is 3.77. The number of nitrogens with zero attached hydrogens (tertiary/aromatic N) is 1. The molecule has 2 aromatic carbocycles. The molecule has 25 heavy (non-hydrogen) atoms. The summed E-state index contributed by atoms with van der Waals surface area (Å²) in [6.45, 7) is 2.67. The second kappa shape index (κ2) is 8.83. The lowest BCUT2D eigenvalue weighted by Crippen LogP contribution is -2.27. The van der Waals surface area contributed by atoms with Crippen LogP contribution in [0.2, 0.25) is 0 Å². The van der Waals surface area contributed by atoms with E-state index in [9.17, 15) is 4.79 Å². The Bertz CT molecular complexity index is 813. The van der Waals surface area contributed by atoms with Crippen LogP contribution in [-0.2, 0) is 11.2 Å². The number of thiazole rings is 1. The van der Waals surface area contributed by atoms with Gasteiger partial charge in [-0.25, -0.2) is 4.98 Å². The molecule has 128 valence electrons. The summed E-state index contributed by atoms with van der Waals surface area (Å²) in [5.74, 6) is 0.523. The summed E-state index contributed by atoms with van der Waals surface area (Å²) < 4.78 is 0. The van der Waals surface area contributed by atoms with Crippen LogP contribution in [0.25, 0.3) is 11.3 Å². The third kappa shape index (κ3) is 5.44. The first-order chi connectivity index (χ1) is 12.2. The van der Waals surface area contributed by atoms with Crippen molar-refractivity contribution in [1.29, 1.82) is 0 Å². The molecule has 5 heteroatoms. The Morgan fingerprint density at radius 3 is 2.56 bits per heavy atom. The van der Waals surface area contributed by atoms with Gasteiger partial charge >= 0.3 is 0 Å². The predicted octanol–water partition coefficient (Wildman–Crippen LogP) is 4.57. The van der Waals surface area contributed by atoms with E-state index in [0.29, 0.717) is 12.3 Å². The number of benzene rings is 2. The van der Waals surface area contributed by atoms with Crippen molar-refractivity contribution < 1.29 is 4.79 Å². The number of amides is 1. The van der Waals surface area contributed by atoms with Crippen molar-refractivity contribution >= 4 is 29.0 Å². The van der Waals surface area contributed by atoms with E-state index in [1.54, 1.807) is 23.1 Å². The monoisotopic (exact) mass is 368 g/mol. The van der Waals surface area contributed by atoms with Crippen LogP contribution in [0.4, 0.5) is 0 Å². The maximum atomic E-state index is 11.9. The maximum absolute atomic E-state index is 11.9. The minimum atomic E-state index is 0.0726. The minimum absolute atomic E-state index is 0.0726. The first kappa shape index (κ1) is 17.7. The zero-order valence-corrected chi connectivity index (χ0v) is 15.7. The third-order valence-corrected chi connectivity index (χ3v) is 5.50. The molecule has 0 unspecified atom stereocenters. The lowest BCUT2D eigenvalue weighted by atomic mass is 10.1. The van der Waals surface area contributed by atoms with Gasteiger partial charge in [0.25, 0.3) is 0 Å². The lowest BCUT2D eigenvalue weighted by Gasteiger charge is -2.06. The summed E-state index contributed by atoms with van der Waals surface area (Å²) >= 11 is 3.22. The molecular formula is C20H20N2OS2. The highest BCUT2D eigenvalue weighted by Gasteiger charge is 2.04. The van der Waals surface area contributed by atoms with Gasteiger partial charge in [-0.2, -0.15) is 0 Å². The van der Waals surface area contributed by atoms with Crippen molar-refractivity contribution in [3.05, 3.63) is 70.5 Å². The van der Waals surface area contributed by atoms with Crippen LogP contribution >= 0.6 is 23.1 Å². The number of aryl methyl sites for hydroxylation is 1. The normalized spacial score (nSPS) is 10.6. The van der Waals surface area contributed by atoms with E-state index in [4.69, 9.17) is 0 Å². The zero-order valence-electron chi connectivity index (χ0n) is 14.1. The Labute approximate surface area is 156 Å². The molecule has 3 nitrogen and oxygen atoms in total. The molecule has 0 aliphatic carbocycles. The number of nitrogens with one attached hydrogen (secondary N) is 1. The van der Waals surface area contributed by atoms with Gasteiger partial charge in [-0.1, -0.05) is 42.5 Å². The SMILES string of the molecule is Cc1nc(-c2ccc(CCNC(=O)CSc3ccccc3)cc2)cs1. The standard InChI is InChI=1S/C20H20N2OS2/c1-15-22-19(13-24-15)17-9-7-16(8-10-17)11-12-21-20(23)14-25-18-5-3-2-4-6-18/h2-10,13H,11-12,14H2,1H3,(H,21,23). The van der Waals surface area contributed by atoms with E-state index in [-0.39, 0.29) is 5.91 Å². The van der Waals surface area contributed by atoms with Gasteiger partial charge in [-0.15, -0.1) is 23.1 Å². The van der Waals surface area contributed by atoms with Crippen molar-refractivity contribution in [2.75, 3.05) is 12.3 Å². The molecule has 1 amide bonds. The molecule has 1 N–H and O–H groups in total. The Balaban J connectivity index is 1.42. The topological polar surface area (TPSA) is 42.0 Å². The summed E-state index contributed by atoms with van der Waals surface area (Å²) in [7, 11) is 0. The second-order valence-corrected chi connectivity index (χ2v) is 7.76. The number of thioether (sulfide) groups is 1. The highest BCUT2D eigenvalue weighted by Crippen LogP contribution is 2.22. The number of hydrogen-bond donors (Lipinski definition) is 1. The molecular weight excluding hydrogens is 348 g/mol. The van der Waals surface area contributed by atoms with E-state index in [1.165, 1.54) is 5.56 Å². The van der Waals surface area contributed by atoms with Gasteiger partial charge in [0.1, 0.15) is 0 Å². The molecule has 0 aliphatic rings. The van der Waals surface area contributed by atoms with E-state index in [1.807, 2.05) is 37.3 Å². The Kier molecular flexibility index (Phi) is 6.25. The Morgan fingerprint density at radius 2 is 1.88 bits per heavy atom. The van der Waals surface area contributed by atoms with Gasteiger partial charge in [-0.3, -0.25) is 4.79 Å². The molecule has 0 saturated heterocycles. The molecule has 3 aromatic rings. The van der Waals surface area contributed by atoms with Gasteiger partial charge in [0.05, 0.1) is 16.5 Å². The summed E-state index contributed by atoms with van der Waals surface area (Å²) in [5, 5.41) is 6.14. The van der Waals surface area contributed by atoms with Gasteiger partial charge in [0, 0.05) is 22.4 Å². The van der Waals surface area contributed by atoms with Crippen molar-refractivity contribution in [2.24, 2.45) is 0 Å². The second-order valence-electron chi connectivity index (χ2n) is 5.65. The van der Waals surface area contributed by atoms with Gasteiger partial charge < -0.3 is 5.32 Å². The van der Waals surface area contributed by atoms with Crippen LogP contribution < -0.4 is 5.32 Å². The fourth-order valence-electron chi connectivity index (χ4n) is 2.40. The van der Waals surface area contributed by atoms with E-state index < -0.39 is 0 Å².